The minimum atomic E-state index is -0.422. The van der Waals surface area contributed by atoms with Crippen molar-refractivity contribution >= 4 is 17.8 Å². The van der Waals surface area contributed by atoms with Crippen molar-refractivity contribution < 1.29 is 19.1 Å². The van der Waals surface area contributed by atoms with Gasteiger partial charge in [0.15, 0.2) is 0 Å². The lowest BCUT2D eigenvalue weighted by molar-refractivity contribution is -0.148. The molecule has 0 spiro atoms. The highest BCUT2D eigenvalue weighted by Crippen LogP contribution is 2.18. The van der Waals surface area contributed by atoms with Crippen molar-refractivity contribution in [2.24, 2.45) is 5.92 Å². The van der Waals surface area contributed by atoms with Gasteiger partial charge in [0, 0.05) is 34.1 Å². The topological polar surface area (TPSA) is 79.0 Å². The Balaban J connectivity index is 2.69. The van der Waals surface area contributed by atoms with Crippen molar-refractivity contribution in [3.8, 4) is 0 Å². The van der Waals surface area contributed by atoms with E-state index in [1.165, 1.54) is 11.8 Å². The lowest BCUT2D eigenvalue weighted by Crippen LogP contribution is -2.42. The second-order valence-corrected chi connectivity index (χ2v) is 5.15. The van der Waals surface area contributed by atoms with Crippen LogP contribution in [0, 0.1) is 5.92 Å². The minimum absolute atomic E-state index is 0.0314. The van der Waals surface area contributed by atoms with Crippen molar-refractivity contribution in [2.45, 2.75) is 19.9 Å². The normalized spacial score (nSPS) is 22.4. The Morgan fingerprint density at radius 1 is 1.30 bits per heavy atom. The van der Waals surface area contributed by atoms with Gasteiger partial charge in [-0.05, 0) is 6.92 Å². The molecule has 0 unspecified atom stereocenters. The Kier molecular flexibility index (Phi) is 5.94. The standard InChI is InChI=1S/C13H23N3O4/c1-5-20-13(19)10-6-16(8-12(18)15(3)4)7-11(10)14-9(2)17/h10-11H,5-8H2,1-4H3,(H,14,17)/t10-,11+/m0/s1. The molecule has 0 aromatic rings. The Morgan fingerprint density at radius 3 is 2.45 bits per heavy atom. The summed E-state index contributed by atoms with van der Waals surface area (Å²) < 4.78 is 5.03. The van der Waals surface area contributed by atoms with Gasteiger partial charge in [0.1, 0.15) is 0 Å². The number of ether oxygens (including phenoxy) is 1. The third-order valence-corrected chi connectivity index (χ3v) is 3.23. The molecule has 0 aromatic heterocycles. The van der Waals surface area contributed by atoms with E-state index >= 15 is 0 Å². The maximum absolute atomic E-state index is 11.9. The smallest absolute Gasteiger partial charge is 0.312 e. The summed E-state index contributed by atoms with van der Waals surface area (Å²) in [4.78, 5) is 38.2. The van der Waals surface area contributed by atoms with Crippen molar-refractivity contribution in [3.63, 3.8) is 0 Å². The second-order valence-electron chi connectivity index (χ2n) is 5.15. The number of rotatable bonds is 5. The summed E-state index contributed by atoms with van der Waals surface area (Å²) in [5.74, 6) is -0.971. The number of likely N-dealkylation sites (N-methyl/N-ethyl adjacent to an activating group) is 1. The average Bonchev–Trinajstić information content (AvgIpc) is 2.71. The molecular weight excluding hydrogens is 262 g/mol. The van der Waals surface area contributed by atoms with E-state index in [2.05, 4.69) is 5.32 Å². The molecule has 0 bridgehead atoms. The highest BCUT2D eigenvalue weighted by atomic mass is 16.5. The molecule has 0 saturated carbocycles. The van der Waals surface area contributed by atoms with E-state index < -0.39 is 5.92 Å². The SMILES string of the molecule is CCOC(=O)[C@H]1CN(CC(=O)N(C)C)C[C@H]1NC(C)=O. The lowest BCUT2D eigenvalue weighted by atomic mass is 10.0. The fourth-order valence-electron chi connectivity index (χ4n) is 2.24. The van der Waals surface area contributed by atoms with Gasteiger partial charge in [0.05, 0.1) is 25.1 Å². The molecule has 1 fully saturated rings. The van der Waals surface area contributed by atoms with Crippen LogP contribution in [-0.2, 0) is 19.1 Å². The lowest BCUT2D eigenvalue weighted by Gasteiger charge is -2.18. The molecule has 0 radical (unpaired) electrons. The van der Waals surface area contributed by atoms with Crippen molar-refractivity contribution in [1.29, 1.82) is 0 Å². The molecule has 2 atom stereocenters. The first-order chi connectivity index (χ1) is 9.35. The van der Waals surface area contributed by atoms with Crippen LogP contribution < -0.4 is 5.32 Å². The average molecular weight is 285 g/mol. The summed E-state index contributed by atoms with van der Waals surface area (Å²) in [5.41, 5.74) is 0. The van der Waals surface area contributed by atoms with Gasteiger partial charge in [0.25, 0.3) is 0 Å². The van der Waals surface area contributed by atoms with Crippen LogP contribution in [-0.4, -0.2) is 74.0 Å². The summed E-state index contributed by atoms with van der Waals surface area (Å²) in [7, 11) is 3.37. The van der Waals surface area contributed by atoms with Crippen LogP contribution in [0.15, 0.2) is 0 Å². The maximum atomic E-state index is 11.9. The molecule has 20 heavy (non-hydrogen) atoms. The fourth-order valence-corrected chi connectivity index (χ4v) is 2.24. The van der Waals surface area contributed by atoms with Gasteiger partial charge >= 0.3 is 5.97 Å². The molecule has 114 valence electrons. The van der Waals surface area contributed by atoms with Crippen LogP contribution in [0.4, 0.5) is 0 Å². The molecule has 0 aliphatic carbocycles. The van der Waals surface area contributed by atoms with Crippen molar-refractivity contribution in [3.05, 3.63) is 0 Å². The predicted molar refractivity (Wildman–Crippen MR) is 72.9 cm³/mol. The third kappa shape index (κ3) is 4.48. The number of esters is 1. The van der Waals surface area contributed by atoms with E-state index in [0.717, 1.165) is 0 Å². The molecule has 7 nitrogen and oxygen atoms in total. The zero-order valence-corrected chi connectivity index (χ0v) is 12.5. The van der Waals surface area contributed by atoms with Gasteiger partial charge in [-0.2, -0.15) is 0 Å². The molecule has 1 rings (SSSR count). The van der Waals surface area contributed by atoms with E-state index in [1.54, 1.807) is 21.0 Å². The van der Waals surface area contributed by atoms with Crippen molar-refractivity contribution in [2.75, 3.05) is 40.3 Å². The number of carbonyl (C=O) groups is 3. The highest BCUT2D eigenvalue weighted by Gasteiger charge is 2.39. The Labute approximate surface area is 119 Å². The quantitative estimate of drug-likeness (QED) is 0.661. The molecule has 1 heterocycles. The number of nitrogens with zero attached hydrogens (tertiary/aromatic N) is 2. The Morgan fingerprint density at radius 2 is 1.95 bits per heavy atom. The van der Waals surface area contributed by atoms with Crippen LogP contribution in [0.25, 0.3) is 0 Å². The second kappa shape index (κ2) is 7.23. The van der Waals surface area contributed by atoms with Crippen LogP contribution in [0.2, 0.25) is 0 Å². The van der Waals surface area contributed by atoms with Crippen molar-refractivity contribution in [1.82, 2.24) is 15.1 Å². The summed E-state index contributed by atoms with van der Waals surface area (Å²) in [5, 5.41) is 2.76. The van der Waals surface area contributed by atoms with Crippen LogP contribution in [0.1, 0.15) is 13.8 Å². The number of likely N-dealkylation sites (tertiary alicyclic amines) is 1. The van der Waals surface area contributed by atoms with Gasteiger partial charge in [0.2, 0.25) is 11.8 Å². The number of amides is 2. The number of hydrogen-bond acceptors (Lipinski definition) is 5. The molecule has 2 amide bonds. The first kappa shape index (κ1) is 16.4. The van der Waals surface area contributed by atoms with E-state index in [4.69, 9.17) is 4.74 Å². The Bertz CT molecular complexity index is 384. The van der Waals surface area contributed by atoms with Gasteiger partial charge in [-0.1, -0.05) is 0 Å². The van der Waals surface area contributed by atoms with E-state index in [-0.39, 0.29) is 30.4 Å². The summed E-state index contributed by atoms with van der Waals surface area (Å²) in [6.45, 7) is 4.59. The fraction of sp³-hybridized carbons (Fsp3) is 0.769. The van der Waals surface area contributed by atoms with Crippen LogP contribution in [0.5, 0.6) is 0 Å². The van der Waals surface area contributed by atoms with Gasteiger partial charge in [-0.3, -0.25) is 19.3 Å². The molecular formula is C13H23N3O4. The van der Waals surface area contributed by atoms with Crippen LogP contribution in [0.3, 0.4) is 0 Å². The number of hydrogen-bond donors (Lipinski definition) is 1. The largest absolute Gasteiger partial charge is 0.466 e. The highest BCUT2D eigenvalue weighted by molar-refractivity contribution is 5.79. The monoisotopic (exact) mass is 285 g/mol. The molecule has 0 aromatic carbocycles. The van der Waals surface area contributed by atoms with Gasteiger partial charge in [-0.15, -0.1) is 0 Å². The van der Waals surface area contributed by atoms with Gasteiger partial charge in [-0.25, -0.2) is 0 Å². The summed E-state index contributed by atoms with van der Waals surface area (Å²) >= 11 is 0. The third-order valence-electron chi connectivity index (χ3n) is 3.23. The summed E-state index contributed by atoms with van der Waals surface area (Å²) in [6.07, 6.45) is 0. The first-order valence-electron chi connectivity index (χ1n) is 6.71. The molecule has 1 aliphatic rings. The zero-order valence-electron chi connectivity index (χ0n) is 12.5. The Hall–Kier alpha value is -1.63. The minimum Gasteiger partial charge on any atom is -0.466 e. The molecule has 7 heteroatoms. The molecule has 1 N–H and O–H groups in total. The number of nitrogens with one attached hydrogen (secondary N) is 1. The first-order valence-corrected chi connectivity index (χ1v) is 6.71. The van der Waals surface area contributed by atoms with Gasteiger partial charge < -0.3 is 15.0 Å². The van der Waals surface area contributed by atoms with E-state index in [9.17, 15) is 14.4 Å². The van der Waals surface area contributed by atoms with E-state index in [0.29, 0.717) is 19.7 Å². The van der Waals surface area contributed by atoms with E-state index in [1.807, 2.05) is 4.90 Å². The zero-order chi connectivity index (χ0) is 15.3. The number of carbonyl (C=O) groups excluding carboxylic acids is 3. The summed E-state index contributed by atoms with van der Waals surface area (Å²) in [6, 6.07) is -0.304. The van der Waals surface area contributed by atoms with Crippen LogP contribution >= 0.6 is 0 Å². The molecule has 1 saturated heterocycles. The molecule has 1 aliphatic heterocycles. The maximum Gasteiger partial charge on any atom is 0.312 e. The predicted octanol–water partition coefficient (Wildman–Crippen LogP) is -0.926.